The van der Waals surface area contributed by atoms with E-state index in [9.17, 15) is 4.79 Å². The van der Waals surface area contributed by atoms with Crippen LogP contribution >= 0.6 is 0 Å². The maximum Gasteiger partial charge on any atom is 0.255 e. The van der Waals surface area contributed by atoms with E-state index in [2.05, 4.69) is 15.2 Å². The van der Waals surface area contributed by atoms with Crippen LogP contribution in [0.5, 0.6) is 0 Å². The minimum Gasteiger partial charge on any atom is -0.373 e. The monoisotopic (exact) mass is 340 g/mol. The molecule has 0 N–H and O–H groups in total. The molecule has 7 nitrogen and oxygen atoms in total. The average Bonchev–Trinajstić information content (AvgIpc) is 3.06. The molecule has 0 unspecified atom stereocenters. The Morgan fingerprint density at radius 1 is 1.24 bits per heavy atom. The van der Waals surface area contributed by atoms with Crippen LogP contribution in [0.4, 0.5) is 0 Å². The first-order valence-electron chi connectivity index (χ1n) is 8.53. The van der Waals surface area contributed by atoms with Crippen molar-refractivity contribution in [1.82, 2.24) is 20.1 Å². The number of carbonyl (C=O) groups is 1. The molecular weight excluding hydrogens is 320 g/mol. The fourth-order valence-electron chi connectivity index (χ4n) is 3.56. The smallest absolute Gasteiger partial charge is 0.255 e. The first-order valence-corrected chi connectivity index (χ1v) is 8.53. The van der Waals surface area contributed by atoms with E-state index in [0.717, 1.165) is 25.0 Å². The summed E-state index contributed by atoms with van der Waals surface area (Å²) in [6, 6.07) is 5.61. The van der Waals surface area contributed by atoms with E-state index < -0.39 is 0 Å². The first kappa shape index (κ1) is 16.1. The van der Waals surface area contributed by atoms with Gasteiger partial charge in [-0.05, 0) is 36.6 Å². The number of hydrogen-bond donors (Lipinski definition) is 0. The van der Waals surface area contributed by atoms with Crippen LogP contribution in [0.15, 0.2) is 43.0 Å². The van der Waals surface area contributed by atoms with Crippen molar-refractivity contribution >= 4 is 5.91 Å². The minimum atomic E-state index is -0.128. The molecule has 0 radical (unpaired) electrons. The number of amides is 1. The minimum absolute atomic E-state index is 0.0367. The van der Waals surface area contributed by atoms with Gasteiger partial charge in [0.2, 0.25) is 0 Å². The number of fused-ring (bicyclic) bond motifs is 1. The molecule has 1 amide bonds. The normalized spacial score (nSPS) is 25.6. The standard InChI is InChI=1S/C18H20N4O3/c23-18(14-5-8-20-21-10-14)22-11-16(17-15(22)2-1-9-24-17)25-12-13-3-6-19-7-4-13/h3-8,10,15-17H,1-2,9,11-12H2/t15-,16+,17+/m0/s1. The molecule has 0 saturated carbocycles. The molecule has 2 aliphatic heterocycles. The van der Waals surface area contributed by atoms with E-state index in [-0.39, 0.29) is 24.2 Å². The van der Waals surface area contributed by atoms with Crippen LogP contribution in [0.2, 0.25) is 0 Å². The van der Waals surface area contributed by atoms with Gasteiger partial charge < -0.3 is 14.4 Å². The van der Waals surface area contributed by atoms with Crippen molar-refractivity contribution in [3.8, 4) is 0 Å². The van der Waals surface area contributed by atoms with Gasteiger partial charge in [-0.3, -0.25) is 9.78 Å². The van der Waals surface area contributed by atoms with Crippen LogP contribution in [0, 0.1) is 0 Å². The summed E-state index contributed by atoms with van der Waals surface area (Å²) in [7, 11) is 0. The molecule has 2 saturated heterocycles. The van der Waals surface area contributed by atoms with Crippen LogP contribution in [0.25, 0.3) is 0 Å². The molecule has 4 rings (SSSR count). The molecule has 0 spiro atoms. The van der Waals surface area contributed by atoms with Gasteiger partial charge in [0.15, 0.2) is 0 Å². The second kappa shape index (κ2) is 7.25. The van der Waals surface area contributed by atoms with Crippen LogP contribution in [-0.4, -0.2) is 57.4 Å². The Bertz CT molecular complexity index is 713. The number of hydrogen-bond acceptors (Lipinski definition) is 6. The molecular formula is C18H20N4O3. The molecule has 0 aliphatic carbocycles. The van der Waals surface area contributed by atoms with Crippen molar-refractivity contribution in [3.63, 3.8) is 0 Å². The topological polar surface area (TPSA) is 77.4 Å². The van der Waals surface area contributed by atoms with Gasteiger partial charge in [0.05, 0.1) is 37.2 Å². The zero-order valence-corrected chi connectivity index (χ0v) is 13.8. The highest BCUT2D eigenvalue weighted by molar-refractivity contribution is 5.94. The molecule has 2 aromatic heterocycles. The lowest BCUT2D eigenvalue weighted by Crippen LogP contribution is -2.43. The third kappa shape index (κ3) is 3.38. The summed E-state index contributed by atoms with van der Waals surface area (Å²) >= 11 is 0. The SMILES string of the molecule is O=C(c1ccnnc1)N1C[C@@H](OCc2ccncc2)[C@@H]2OCCC[C@@H]21. The van der Waals surface area contributed by atoms with Crippen molar-refractivity contribution < 1.29 is 14.3 Å². The number of carbonyl (C=O) groups excluding carboxylic acids is 1. The number of likely N-dealkylation sites (tertiary alicyclic amines) is 1. The molecule has 25 heavy (non-hydrogen) atoms. The lowest BCUT2D eigenvalue weighted by molar-refractivity contribution is -0.0809. The second-order valence-corrected chi connectivity index (χ2v) is 6.34. The van der Waals surface area contributed by atoms with Gasteiger partial charge >= 0.3 is 0 Å². The third-order valence-electron chi connectivity index (χ3n) is 4.78. The number of rotatable bonds is 4. The maximum absolute atomic E-state index is 12.9. The molecule has 0 bridgehead atoms. The Morgan fingerprint density at radius 2 is 2.12 bits per heavy atom. The van der Waals surface area contributed by atoms with Crippen molar-refractivity contribution in [2.45, 2.75) is 37.7 Å². The molecule has 0 aromatic carbocycles. The van der Waals surface area contributed by atoms with Gasteiger partial charge in [0.1, 0.15) is 12.2 Å². The van der Waals surface area contributed by atoms with Gasteiger partial charge in [-0.25, -0.2) is 0 Å². The summed E-state index contributed by atoms with van der Waals surface area (Å²) in [6.07, 6.45) is 8.23. The quantitative estimate of drug-likeness (QED) is 0.839. The highest BCUT2D eigenvalue weighted by Crippen LogP contribution is 2.32. The highest BCUT2D eigenvalue weighted by Gasteiger charge is 2.46. The Morgan fingerprint density at radius 3 is 2.92 bits per heavy atom. The Balaban J connectivity index is 1.48. The summed E-state index contributed by atoms with van der Waals surface area (Å²) < 4.78 is 12.1. The molecule has 130 valence electrons. The van der Waals surface area contributed by atoms with E-state index in [4.69, 9.17) is 9.47 Å². The van der Waals surface area contributed by atoms with Gasteiger partial charge in [-0.2, -0.15) is 10.2 Å². The van der Waals surface area contributed by atoms with Crippen molar-refractivity contribution in [1.29, 1.82) is 0 Å². The van der Waals surface area contributed by atoms with Gasteiger partial charge in [-0.1, -0.05) is 0 Å². The van der Waals surface area contributed by atoms with E-state index >= 15 is 0 Å². The summed E-state index contributed by atoms with van der Waals surface area (Å²) in [6.45, 7) is 1.73. The molecule has 2 aromatic rings. The molecule has 7 heteroatoms. The summed E-state index contributed by atoms with van der Waals surface area (Å²) in [4.78, 5) is 18.7. The van der Waals surface area contributed by atoms with Gasteiger partial charge in [0.25, 0.3) is 5.91 Å². The van der Waals surface area contributed by atoms with E-state index in [0.29, 0.717) is 18.7 Å². The third-order valence-corrected chi connectivity index (χ3v) is 4.78. The van der Waals surface area contributed by atoms with E-state index in [1.54, 1.807) is 18.5 Å². The lowest BCUT2D eigenvalue weighted by atomic mass is 10.0. The van der Waals surface area contributed by atoms with Crippen molar-refractivity contribution in [3.05, 3.63) is 54.1 Å². The number of nitrogens with zero attached hydrogens (tertiary/aromatic N) is 4. The predicted molar refractivity (Wildman–Crippen MR) is 88.6 cm³/mol. The summed E-state index contributed by atoms with van der Waals surface area (Å²) in [5.41, 5.74) is 1.61. The van der Waals surface area contributed by atoms with Crippen molar-refractivity contribution in [2.75, 3.05) is 13.2 Å². The number of ether oxygens (including phenoxy) is 2. The zero-order chi connectivity index (χ0) is 17.1. The van der Waals surface area contributed by atoms with Gasteiger partial charge in [-0.15, -0.1) is 0 Å². The zero-order valence-electron chi connectivity index (χ0n) is 13.8. The summed E-state index contributed by atoms with van der Waals surface area (Å²) in [5, 5.41) is 7.55. The fraction of sp³-hybridized carbons (Fsp3) is 0.444. The van der Waals surface area contributed by atoms with Gasteiger partial charge in [0, 0.05) is 19.0 Å². The van der Waals surface area contributed by atoms with E-state index in [1.807, 2.05) is 17.0 Å². The summed E-state index contributed by atoms with van der Waals surface area (Å²) in [5.74, 6) is -0.0367. The van der Waals surface area contributed by atoms with Crippen LogP contribution in [0.1, 0.15) is 28.8 Å². The molecule has 2 aliphatic rings. The molecule has 2 fully saturated rings. The van der Waals surface area contributed by atoms with Crippen LogP contribution < -0.4 is 0 Å². The lowest BCUT2D eigenvalue weighted by Gasteiger charge is -2.32. The Kier molecular flexibility index (Phi) is 4.67. The second-order valence-electron chi connectivity index (χ2n) is 6.34. The average molecular weight is 340 g/mol. The Hall–Kier alpha value is -2.38. The predicted octanol–water partition coefficient (Wildman–Crippen LogP) is 1.46. The highest BCUT2D eigenvalue weighted by atomic mass is 16.5. The number of aromatic nitrogens is 3. The fourth-order valence-corrected chi connectivity index (χ4v) is 3.56. The molecule has 3 atom stereocenters. The first-order chi connectivity index (χ1) is 12.3. The number of pyridine rings is 1. The van der Waals surface area contributed by atoms with Crippen LogP contribution in [0.3, 0.4) is 0 Å². The largest absolute Gasteiger partial charge is 0.373 e. The molecule has 4 heterocycles. The van der Waals surface area contributed by atoms with E-state index in [1.165, 1.54) is 12.4 Å². The Labute approximate surface area is 146 Å². The van der Waals surface area contributed by atoms with Crippen LogP contribution in [-0.2, 0) is 16.1 Å². The maximum atomic E-state index is 12.9. The van der Waals surface area contributed by atoms with Crippen molar-refractivity contribution in [2.24, 2.45) is 0 Å².